The monoisotopic (exact) mass is 286 g/mol. The Kier molecular flexibility index (Phi) is 5.20. The van der Waals surface area contributed by atoms with Crippen molar-refractivity contribution >= 4 is 16.7 Å². The molecule has 0 radical (unpaired) electrons. The Balaban J connectivity index is 2.42. The largest absolute Gasteiger partial charge is 0.506 e. The van der Waals surface area contributed by atoms with E-state index in [1.54, 1.807) is 0 Å². The molecule has 0 aliphatic rings. The highest BCUT2D eigenvalue weighted by Gasteiger charge is 2.19. The average molecular weight is 286 g/mol. The van der Waals surface area contributed by atoms with E-state index in [4.69, 9.17) is 4.74 Å². The first-order valence-electron chi connectivity index (χ1n) is 7.51. The van der Waals surface area contributed by atoms with Crippen LogP contribution in [0, 0.1) is 0 Å². The molecule has 0 heterocycles. The zero-order chi connectivity index (χ0) is 15.2. The number of rotatable bonds is 6. The van der Waals surface area contributed by atoms with Gasteiger partial charge in [-0.05, 0) is 23.8 Å². The van der Waals surface area contributed by atoms with E-state index in [2.05, 4.69) is 6.92 Å². The van der Waals surface area contributed by atoms with Crippen LogP contribution in [0.1, 0.15) is 48.5 Å². The van der Waals surface area contributed by atoms with Gasteiger partial charge in [0.05, 0.1) is 7.11 Å². The number of benzene rings is 2. The molecule has 0 aromatic heterocycles. The lowest BCUT2D eigenvalue weighted by molar-refractivity contribution is 0.0596. The van der Waals surface area contributed by atoms with Crippen LogP contribution in [-0.2, 0) is 11.2 Å². The highest BCUT2D eigenvalue weighted by molar-refractivity contribution is 6.02. The molecule has 0 fully saturated rings. The summed E-state index contributed by atoms with van der Waals surface area (Å²) >= 11 is 0. The number of carbonyl (C=O) groups is 1. The Morgan fingerprint density at radius 3 is 2.67 bits per heavy atom. The van der Waals surface area contributed by atoms with E-state index in [1.165, 1.54) is 20.0 Å². The van der Waals surface area contributed by atoms with Crippen molar-refractivity contribution in [1.29, 1.82) is 0 Å². The molecule has 2 aromatic carbocycles. The summed E-state index contributed by atoms with van der Waals surface area (Å²) < 4.78 is 4.84. The molecule has 3 nitrogen and oxygen atoms in total. The zero-order valence-corrected chi connectivity index (χ0v) is 12.7. The average Bonchev–Trinajstić information content (AvgIpc) is 2.51. The van der Waals surface area contributed by atoms with Gasteiger partial charge in [0.2, 0.25) is 0 Å². The second kappa shape index (κ2) is 7.11. The summed E-state index contributed by atoms with van der Waals surface area (Å²) in [6.07, 6.45) is 5.28. The van der Waals surface area contributed by atoms with E-state index in [-0.39, 0.29) is 5.75 Å². The summed E-state index contributed by atoms with van der Waals surface area (Å²) in [5.74, 6) is -0.436. The van der Waals surface area contributed by atoms with Crippen LogP contribution in [0.25, 0.3) is 10.8 Å². The number of phenols is 1. The van der Waals surface area contributed by atoms with E-state index in [0.29, 0.717) is 10.9 Å². The normalized spacial score (nSPS) is 10.8. The quantitative estimate of drug-likeness (QED) is 0.630. The third-order valence-electron chi connectivity index (χ3n) is 3.79. The smallest absolute Gasteiger partial charge is 0.341 e. The number of hydrogen-bond donors (Lipinski definition) is 1. The Bertz CT molecular complexity index is 632. The second-order valence-corrected chi connectivity index (χ2v) is 5.28. The second-order valence-electron chi connectivity index (χ2n) is 5.28. The zero-order valence-electron chi connectivity index (χ0n) is 12.7. The lowest BCUT2D eigenvalue weighted by atomic mass is 9.95. The number of aromatic hydroxyl groups is 1. The van der Waals surface area contributed by atoms with Gasteiger partial charge in [0, 0.05) is 5.39 Å². The van der Waals surface area contributed by atoms with Crippen molar-refractivity contribution in [1.82, 2.24) is 0 Å². The van der Waals surface area contributed by atoms with Crippen molar-refractivity contribution in [2.75, 3.05) is 7.11 Å². The van der Waals surface area contributed by atoms with Crippen molar-refractivity contribution in [2.24, 2.45) is 0 Å². The number of phenolic OH excluding ortho intramolecular Hbond substituents is 1. The van der Waals surface area contributed by atoms with Crippen molar-refractivity contribution < 1.29 is 14.6 Å². The minimum atomic E-state index is -0.469. The summed E-state index contributed by atoms with van der Waals surface area (Å²) in [4.78, 5) is 12.0. The minimum absolute atomic E-state index is 0.0328. The lowest BCUT2D eigenvalue weighted by Gasteiger charge is -2.13. The maximum atomic E-state index is 12.0. The predicted molar refractivity (Wildman–Crippen MR) is 84.8 cm³/mol. The molecule has 0 bridgehead atoms. The fraction of sp³-hybridized carbons (Fsp3) is 0.389. The molecule has 1 N–H and O–H groups in total. The first-order chi connectivity index (χ1) is 10.2. The van der Waals surface area contributed by atoms with Crippen LogP contribution in [0.4, 0.5) is 0 Å². The van der Waals surface area contributed by atoms with Gasteiger partial charge in [0.25, 0.3) is 0 Å². The molecular formula is C18H22O3. The van der Waals surface area contributed by atoms with Gasteiger partial charge >= 0.3 is 5.97 Å². The first-order valence-corrected chi connectivity index (χ1v) is 7.51. The van der Waals surface area contributed by atoms with Crippen molar-refractivity contribution in [3.8, 4) is 5.75 Å². The van der Waals surface area contributed by atoms with Crippen LogP contribution in [-0.4, -0.2) is 18.2 Å². The van der Waals surface area contributed by atoms with E-state index < -0.39 is 5.97 Å². The van der Waals surface area contributed by atoms with Gasteiger partial charge in [0.1, 0.15) is 11.3 Å². The highest BCUT2D eigenvalue weighted by atomic mass is 16.5. The number of hydrogen-bond acceptors (Lipinski definition) is 3. The SMILES string of the molecule is CCCCCCc1cc2ccccc2c(O)c1C(=O)OC. The van der Waals surface area contributed by atoms with Crippen molar-refractivity contribution in [3.63, 3.8) is 0 Å². The molecule has 0 saturated carbocycles. The van der Waals surface area contributed by atoms with E-state index in [9.17, 15) is 9.90 Å². The van der Waals surface area contributed by atoms with E-state index >= 15 is 0 Å². The van der Waals surface area contributed by atoms with Crippen LogP contribution in [0.3, 0.4) is 0 Å². The molecular weight excluding hydrogens is 264 g/mol. The van der Waals surface area contributed by atoms with Crippen LogP contribution in [0.2, 0.25) is 0 Å². The fourth-order valence-corrected chi connectivity index (χ4v) is 2.65. The van der Waals surface area contributed by atoms with Gasteiger partial charge in [-0.2, -0.15) is 0 Å². The van der Waals surface area contributed by atoms with Gasteiger partial charge in [-0.1, -0.05) is 56.5 Å². The molecule has 2 aromatic rings. The summed E-state index contributed by atoms with van der Waals surface area (Å²) in [6, 6.07) is 9.54. The third-order valence-corrected chi connectivity index (χ3v) is 3.79. The molecule has 0 atom stereocenters. The maximum Gasteiger partial charge on any atom is 0.341 e. The number of methoxy groups -OCH3 is 1. The molecule has 0 spiro atoms. The Hall–Kier alpha value is -2.03. The van der Waals surface area contributed by atoms with E-state index in [1.807, 2.05) is 30.3 Å². The number of unbranched alkanes of at least 4 members (excludes halogenated alkanes) is 3. The summed E-state index contributed by atoms with van der Waals surface area (Å²) in [6.45, 7) is 2.17. The number of fused-ring (bicyclic) bond motifs is 1. The first kappa shape index (κ1) is 15.4. The fourth-order valence-electron chi connectivity index (χ4n) is 2.65. The molecule has 0 saturated heterocycles. The molecule has 2 rings (SSSR count). The molecule has 0 aliphatic heterocycles. The van der Waals surface area contributed by atoms with Gasteiger partial charge in [0.15, 0.2) is 0 Å². The van der Waals surface area contributed by atoms with Crippen LogP contribution in [0.5, 0.6) is 5.75 Å². The lowest BCUT2D eigenvalue weighted by Crippen LogP contribution is -2.07. The van der Waals surface area contributed by atoms with Crippen molar-refractivity contribution in [2.45, 2.75) is 39.0 Å². The Morgan fingerprint density at radius 2 is 1.95 bits per heavy atom. The molecule has 0 unspecified atom stereocenters. The summed E-state index contributed by atoms with van der Waals surface area (Å²) in [7, 11) is 1.35. The number of aryl methyl sites for hydroxylation is 1. The van der Waals surface area contributed by atoms with Gasteiger partial charge < -0.3 is 9.84 Å². The van der Waals surface area contributed by atoms with Gasteiger partial charge in [-0.25, -0.2) is 4.79 Å². The van der Waals surface area contributed by atoms with Gasteiger partial charge in [-0.3, -0.25) is 0 Å². The third kappa shape index (κ3) is 3.35. The molecule has 0 aliphatic carbocycles. The summed E-state index contributed by atoms with van der Waals surface area (Å²) in [5.41, 5.74) is 1.18. The molecule has 0 amide bonds. The van der Waals surface area contributed by atoms with E-state index in [0.717, 1.165) is 30.2 Å². The van der Waals surface area contributed by atoms with Crippen LogP contribution >= 0.6 is 0 Å². The van der Waals surface area contributed by atoms with Crippen LogP contribution < -0.4 is 0 Å². The minimum Gasteiger partial charge on any atom is -0.506 e. The highest BCUT2D eigenvalue weighted by Crippen LogP contribution is 2.33. The maximum absolute atomic E-state index is 12.0. The Morgan fingerprint density at radius 1 is 1.19 bits per heavy atom. The van der Waals surface area contributed by atoms with Crippen molar-refractivity contribution in [3.05, 3.63) is 41.5 Å². The standard InChI is InChI=1S/C18H22O3/c1-3-4-5-6-10-14-12-13-9-7-8-11-15(13)17(19)16(14)18(20)21-2/h7-9,11-12,19H,3-6,10H2,1-2H3. The number of carbonyl (C=O) groups excluding carboxylic acids is 1. The van der Waals surface area contributed by atoms with Gasteiger partial charge in [-0.15, -0.1) is 0 Å². The topological polar surface area (TPSA) is 46.5 Å². The van der Waals surface area contributed by atoms with Crippen LogP contribution in [0.15, 0.2) is 30.3 Å². The summed E-state index contributed by atoms with van der Waals surface area (Å²) in [5, 5.41) is 12.1. The predicted octanol–water partition coefficient (Wildman–Crippen LogP) is 4.45. The molecule has 21 heavy (non-hydrogen) atoms. The number of esters is 1. The number of ether oxygens (including phenoxy) is 1. The Labute approximate surface area is 125 Å². The molecule has 112 valence electrons. The molecule has 3 heteroatoms.